The van der Waals surface area contributed by atoms with Crippen LogP contribution in [0.4, 0.5) is 0 Å². The molecule has 6 heteroatoms. The SMILES string of the molecule is CCCCCCCCCCCCCCCCCCCCCCCCCC(O)C(CO)NC(=O)CCCCCCCCCCCCCCCCCCC/C=C\CCCCCCCCCCCCCCCCCCOC(=O)CCCCCCCCCCCCCCC. The highest BCUT2D eigenvalue weighted by Crippen LogP contribution is 2.21. The number of esters is 1. The number of carbonyl (C=O) groups excluding carboxylic acids is 2. The molecule has 90 heavy (non-hydrogen) atoms. The first-order valence-corrected chi connectivity index (χ1v) is 41.9. The van der Waals surface area contributed by atoms with E-state index < -0.39 is 12.1 Å². The molecule has 0 aliphatic carbocycles. The van der Waals surface area contributed by atoms with Crippen molar-refractivity contribution in [3.8, 4) is 0 Å². The minimum absolute atomic E-state index is 0.0243. The predicted molar refractivity (Wildman–Crippen MR) is 398 cm³/mol. The van der Waals surface area contributed by atoms with Crippen LogP contribution in [0.2, 0.25) is 0 Å². The quantitative estimate of drug-likeness (QED) is 0.0320. The Morgan fingerprint density at radius 1 is 0.300 bits per heavy atom. The Morgan fingerprint density at radius 3 is 0.789 bits per heavy atom. The molecule has 1 amide bonds. The van der Waals surface area contributed by atoms with Crippen LogP contribution in [-0.2, 0) is 14.3 Å². The van der Waals surface area contributed by atoms with Crippen molar-refractivity contribution in [2.75, 3.05) is 13.2 Å². The van der Waals surface area contributed by atoms with E-state index in [1.54, 1.807) is 0 Å². The summed E-state index contributed by atoms with van der Waals surface area (Å²) in [7, 11) is 0. The van der Waals surface area contributed by atoms with E-state index in [1.807, 2.05) is 0 Å². The van der Waals surface area contributed by atoms with Crippen molar-refractivity contribution in [2.45, 2.75) is 501 Å². The second-order valence-corrected chi connectivity index (χ2v) is 29.2. The molecule has 0 saturated heterocycles. The van der Waals surface area contributed by atoms with Gasteiger partial charge in [0, 0.05) is 12.8 Å². The zero-order valence-electron chi connectivity index (χ0n) is 61.7. The van der Waals surface area contributed by atoms with Crippen LogP contribution in [0.5, 0.6) is 0 Å². The minimum Gasteiger partial charge on any atom is -0.466 e. The van der Waals surface area contributed by atoms with Gasteiger partial charge in [0.05, 0.1) is 25.4 Å². The van der Waals surface area contributed by atoms with E-state index in [2.05, 4.69) is 31.3 Å². The Labute approximate surface area is 565 Å². The summed E-state index contributed by atoms with van der Waals surface area (Å²) in [6, 6.07) is -0.539. The van der Waals surface area contributed by atoms with E-state index in [4.69, 9.17) is 4.74 Å². The van der Waals surface area contributed by atoms with Gasteiger partial charge in [-0.1, -0.05) is 437 Å². The summed E-state index contributed by atoms with van der Waals surface area (Å²) in [5, 5.41) is 23.5. The predicted octanol–water partition coefficient (Wildman–Crippen LogP) is 27.8. The fraction of sp³-hybridized carbons (Fsp3) is 0.952. The van der Waals surface area contributed by atoms with Crippen molar-refractivity contribution in [3.05, 3.63) is 12.2 Å². The molecule has 2 unspecified atom stereocenters. The number of nitrogens with one attached hydrogen (secondary N) is 1. The van der Waals surface area contributed by atoms with Gasteiger partial charge in [0.25, 0.3) is 0 Å². The highest BCUT2D eigenvalue weighted by molar-refractivity contribution is 5.76. The second kappa shape index (κ2) is 80.0. The molecule has 0 bridgehead atoms. The maximum absolute atomic E-state index is 12.6. The van der Waals surface area contributed by atoms with Crippen LogP contribution in [0.3, 0.4) is 0 Å². The summed E-state index contributed by atoms with van der Waals surface area (Å²) < 4.78 is 5.50. The van der Waals surface area contributed by atoms with Gasteiger partial charge in [0.1, 0.15) is 0 Å². The summed E-state index contributed by atoms with van der Waals surface area (Å²) in [5.74, 6) is -0.000373. The molecule has 0 aliphatic rings. The van der Waals surface area contributed by atoms with Crippen molar-refractivity contribution in [1.29, 1.82) is 0 Å². The van der Waals surface area contributed by atoms with E-state index in [-0.39, 0.29) is 18.5 Å². The molecule has 0 radical (unpaired) electrons. The third kappa shape index (κ3) is 75.6. The largest absolute Gasteiger partial charge is 0.466 e. The van der Waals surface area contributed by atoms with Crippen LogP contribution in [-0.4, -0.2) is 47.4 Å². The molecule has 0 aromatic carbocycles. The molecule has 0 rings (SSSR count). The van der Waals surface area contributed by atoms with Crippen LogP contribution in [0.1, 0.15) is 489 Å². The molecule has 0 heterocycles. The van der Waals surface area contributed by atoms with E-state index in [0.29, 0.717) is 25.9 Å². The fourth-order valence-corrected chi connectivity index (χ4v) is 13.7. The summed E-state index contributed by atoms with van der Waals surface area (Å²) in [6.07, 6.45) is 102. The lowest BCUT2D eigenvalue weighted by Gasteiger charge is -2.22. The number of carbonyl (C=O) groups is 2. The highest BCUT2D eigenvalue weighted by Gasteiger charge is 2.20. The summed E-state index contributed by atoms with van der Waals surface area (Å²) in [4.78, 5) is 24.6. The standard InChI is InChI=1S/C84H165NO5/c1-3-5-7-9-11-13-15-17-18-19-20-21-37-40-43-46-49-53-56-60-64-68-72-76-82(87)81(80-86)85-83(88)77-73-69-65-61-57-54-50-47-44-41-38-35-33-31-29-27-25-23-22-24-26-28-30-32-34-36-39-42-45-48-51-55-59-63-67-71-75-79-90-84(89)78-74-70-66-62-58-52-16-14-12-10-8-6-4-2/h22,24,81-82,86-87H,3-21,23,25-80H2,1-2H3,(H,85,88)/b24-22-. The van der Waals surface area contributed by atoms with Crippen LogP contribution in [0.25, 0.3) is 0 Å². The van der Waals surface area contributed by atoms with Crippen molar-refractivity contribution in [1.82, 2.24) is 5.32 Å². The average Bonchev–Trinajstić information content (AvgIpc) is 3.67. The van der Waals surface area contributed by atoms with Crippen molar-refractivity contribution < 1.29 is 24.5 Å². The maximum atomic E-state index is 12.6. The number of ether oxygens (including phenoxy) is 1. The number of allylic oxidation sites excluding steroid dienone is 2. The lowest BCUT2D eigenvalue weighted by molar-refractivity contribution is -0.143. The smallest absolute Gasteiger partial charge is 0.305 e. The topological polar surface area (TPSA) is 95.9 Å². The summed E-state index contributed by atoms with van der Waals surface area (Å²) in [6.45, 7) is 5.02. The van der Waals surface area contributed by atoms with Gasteiger partial charge in [0.15, 0.2) is 0 Å². The Kier molecular flexibility index (Phi) is 78.8. The van der Waals surface area contributed by atoms with Crippen molar-refractivity contribution in [2.24, 2.45) is 0 Å². The van der Waals surface area contributed by atoms with Crippen LogP contribution in [0.15, 0.2) is 12.2 Å². The molecule has 0 aromatic heterocycles. The zero-order chi connectivity index (χ0) is 64.9. The molecule has 0 saturated carbocycles. The molecule has 0 aliphatic heterocycles. The van der Waals surface area contributed by atoms with E-state index in [1.165, 1.54) is 417 Å². The van der Waals surface area contributed by atoms with Gasteiger partial charge in [-0.05, 0) is 51.4 Å². The van der Waals surface area contributed by atoms with Gasteiger partial charge in [-0.3, -0.25) is 9.59 Å². The minimum atomic E-state index is -0.662. The highest BCUT2D eigenvalue weighted by atomic mass is 16.5. The Morgan fingerprint density at radius 2 is 0.522 bits per heavy atom. The molecular formula is C84H165NO5. The first-order valence-electron chi connectivity index (χ1n) is 41.9. The normalized spacial score (nSPS) is 12.4. The Balaban J connectivity index is 3.33. The number of hydrogen-bond acceptors (Lipinski definition) is 5. The molecule has 6 nitrogen and oxygen atoms in total. The number of unbranched alkanes of at least 4 members (excludes halogenated alkanes) is 67. The third-order valence-corrected chi connectivity index (χ3v) is 20.1. The lowest BCUT2D eigenvalue weighted by atomic mass is 10.0. The summed E-state index contributed by atoms with van der Waals surface area (Å²) in [5.41, 5.74) is 0. The fourth-order valence-electron chi connectivity index (χ4n) is 13.7. The summed E-state index contributed by atoms with van der Waals surface area (Å²) >= 11 is 0. The monoisotopic (exact) mass is 1270 g/mol. The molecule has 3 N–H and O–H groups in total. The molecule has 0 fully saturated rings. The Bertz CT molecular complexity index is 1370. The van der Waals surface area contributed by atoms with Gasteiger partial charge < -0.3 is 20.3 Å². The number of rotatable bonds is 80. The lowest BCUT2D eigenvalue weighted by Crippen LogP contribution is -2.45. The third-order valence-electron chi connectivity index (χ3n) is 20.1. The zero-order valence-corrected chi connectivity index (χ0v) is 61.7. The molecule has 0 spiro atoms. The second-order valence-electron chi connectivity index (χ2n) is 29.2. The number of hydrogen-bond donors (Lipinski definition) is 3. The molecule has 0 aromatic rings. The van der Waals surface area contributed by atoms with Gasteiger partial charge in [0.2, 0.25) is 5.91 Å². The molecule has 536 valence electrons. The van der Waals surface area contributed by atoms with Crippen molar-refractivity contribution >= 4 is 11.9 Å². The van der Waals surface area contributed by atoms with Crippen LogP contribution >= 0.6 is 0 Å². The van der Waals surface area contributed by atoms with Gasteiger partial charge >= 0.3 is 5.97 Å². The molecule has 2 atom stereocenters. The van der Waals surface area contributed by atoms with E-state index >= 15 is 0 Å². The average molecular weight is 1270 g/mol. The number of amides is 1. The van der Waals surface area contributed by atoms with Crippen LogP contribution in [0, 0.1) is 0 Å². The maximum Gasteiger partial charge on any atom is 0.305 e. The van der Waals surface area contributed by atoms with E-state index in [0.717, 1.165) is 38.5 Å². The number of aliphatic hydroxyl groups excluding tert-OH is 2. The Hall–Kier alpha value is -1.40. The van der Waals surface area contributed by atoms with Crippen LogP contribution < -0.4 is 5.32 Å². The molecular weight excluding hydrogens is 1100 g/mol. The van der Waals surface area contributed by atoms with Gasteiger partial charge in [-0.25, -0.2) is 0 Å². The first-order chi connectivity index (χ1) is 44.5. The van der Waals surface area contributed by atoms with Gasteiger partial charge in [-0.15, -0.1) is 0 Å². The van der Waals surface area contributed by atoms with Gasteiger partial charge in [-0.2, -0.15) is 0 Å². The van der Waals surface area contributed by atoms with E-state index in [9.17, 15) is 19.8 Å². The number of aliphatic hydroxyl groups is 2. The first kappa shape index (κ1) is 88.6. The van der Waals surface area contributed by atoms with Crippen molar-refractivity contribution in [3.63, 3.8) is 0 Å².